The highest BCUT2D eigenvalue weighted by molar-refractivity contribution is 7.76. The lowest BCUT2D eigenvalue weighted by atomic mass is 10.0. The summed E-state index contributed by atoms with van der Waals surface area (Å²) in [5, 5.41) is 3.08. The van der Waals surface area contributed by atoms with E-state index in [1.54, 1.807) is 6.07 Å². The molecule has 0 bridgehead atoms. The topological polar surface area (TPSA) is 122 Å². The number of furan rings is 1. The van der Waals surface area contributed by atoms with Crippen LogP contribution in [0.1, 0.15) is 41.4 Å². The number of methoxy groups -OCH3 is 1. The first-order valence-electron chi connectivity index (χ1n) is 10.6. The fraction of sp³-hybridized carbons (Fsp3) is 0.348. The first kappa shape index (κ1) is 25.5. The van der Waals surface area contributed by atoms with Gasteiger partial charge in [-0.2, -0.15) is 4.31 Å². The zero-order valence-corrected chi connectivity index (χ0v) is 19.9. The quantitative estimate of drug-likeness (QED) is 0.329. The number of esters is 1. The summed E-state index contributed by atoms with van der Waals surface area (Å²) < 4.78 is 46.9. The summed E-state index contributed by atoms with van der Waals surface area (Å²) in [4.78, 5) is 28.6. The minimum atomic E-state index is -2.29. The summed E-state index contributed by atoms with van der Waals surface area (Å²) in [5.41, 5.74) is 2.26. The first-order chi connectivity index (χ1) is 16.3. The van der Waals surface area contributed by atoms with Gasteiger partial charge >= 0.3 is 5.97 Å². The van der Waals surface area contributed by atoms with Gasteiger partial charge in [0.15, 0.2) is 0 Å². The highest BCUT2D eigenvalue weighted by atomic mass is 32.2. The smallest absolute Gasteiger partial charge is 0.305 e. The minimum absolute atomic E-state index is 0.0330. The Morgan fingerprint density at radius 2 is 2.00 bits per heavy atom. The summed E-state index contributed by atoms with van der Waals surface area (Å²) in [5.74, 6) is -0.945. The minimum Gasteiger partial charge on any atom is -0.469 e. The first-order valence-corrected chi connectivity index (χ1v) is 11.7. The van der Waals surface area contributed by atoms with Gasteiger partial charge in [0.1, 0.15) is 11.6 Å². The Bertz CT molecular complexity index is 1210. The van der Waals surface area contributed by atoms with E-state index in [9.17, 15) is 22.7 Å². The van der Waals surface area contributed by atoms with Crippen molar-refractivity contribution in [1.82, 2.24) is 14.6 Å². The molecule has 0 fully saturated rings. The highest BCUT2D eigenvalue weighted by Crippen LogP contribution is 2.34. The molecule has 11 heteroatoms. The Hall–Kier alpha value is -3.15. The molecule has 0 spiro atoms. The van der Waals surface area contributed by atoms with Crippen LogP contribution in [0.3, 0.4) is 0 Å². The van der Waals surface area contributed by atoms with Gasteiger partial charge in [0.2, 0.25) is 17.0 Å². The number of nitrogens with one attached hydrogen (secondary N) is 1. The summed E-state index contributed by atoms with van der Waals surface area (Å²) in [6.45, 7) is 2.11. The van der Waals surface area contributed by atoms with E-state index >= 15 is 0 Å². The molecule has 1 unspecified atom stereocenters. The molecule has 0 saturated heterocycles. The third-order valence-electron chi connectivity index (χ3n) is 5.36. The van der Waals surface area contributed by atoms with Crippen molar-refractivity contribution in [2.24, 2.45) is 0 Å². The van der Waals surface area contributed by atoms with Crippen molar-refractivity contribution in [2.75, 3.05) is 20.7 Å². The largest absolute Gasteiger partial charge is 0.469 e. The lowest BCUT2D eigenvalue weighted by molar-refractivity contribution is -0.140. The number of nitrogens with zero attached hydrogens (tertiary/aromatic N) is 2. The van der Waals surface area contributed by atoms with E-state index in [0.717, 1.165) is 5.56 Å². The van der Waals surface area contributed by atoms with Gasteiger partial charge in [-0.25, -0.2) is 13.6 Å². The molecule has 1 amide bonds. The number of carbonyl (C=O) groups excluding carboxylic acids is 2. The summed E-state index contributed by atoms with van der Waals surface area (Å²) >= 11 is -2.29. The van der Waals surface area contributed by atoms with E-state index in [4.69, 9.17) is 4.42 Å². The molecule has 0 aliphatic heterocycles. The van der Waals surface area contributed by atoms with Crippen LogP contribution >= 0.6 is 0 Å². The van der Waals surface area contributed by atoms with Crippen LogP contribution in [0.25, 0.3) is 22.4 Å². The number of aromatic nitrogens is 1. The second kappa shape index (κ2) is 11.3. The number of hydrogen-bond donors (Lipinski definition) is 2. The number of benzene rings is 1. The summed E-state index contributed by atoms with van der Waals surface area (Å²) in [6.07, 6.45) is 1.00. The number of halogens is 1. The lowest BCUT2D eigenvalue weighted by Gasteiger charge is -2.18. The molecule has 1 atom stereocenters. The Labute approximate surface area is 198 Å². The van der Waals surface area contributed by atoms with Crippen molar-refractivity contribution in [3.05, 3.63) is 53.0 Å². The molecule has 9 nitrogen and oxygen atoms in total. The molecule has 2 aromatic heterocycles. The number of fused-ring (bicyclic) bond motifs is 1. The second-order valence-electron chi connectivity index (χ2n) is 7.47. The Morgan fingerprint density at radius 1 is 1.29 bits per heavy atom. The molecule has 3 rings (SSSR count). The van der Waals surface area contributed by atoms with Crippen LogP contribution < -0.4 is 5.32 Å². The Balaban J connectivity index is 2.03. The van der Waals surface area contributed by atoms with Crippen molar-refractivity contribution in [3.8, 4) is 11.3 Å². The van der Waals surface area contributed by atoms with E-state index in [-0.39, 0.29) is 42.5 Å². The maximum absolute atomic E-state index is 13.4. The van der Waals surface area contributed by atoms with Gasteiger partial charge in [-0.3, -0.25) is 14.1 Å². The Morgan fingerprint density at radius 3 is 2.59 bits per heavy atom. The zero-order chi connectivity index (χ0) is 24.8. The molecular formula is C23H26FN3O6S. The zero-order valence-electron chi connectivity index (χ0n) is 19.1. The molecule has 0 aliphatic rings. The molecule has 2 heterocycles. The molecule has 3 aromatic rings. The van der Waals surface area contributed by atoms with Gasteiger partial charge in [0.05, 0.1) is 30.3 Å². The van der Waals surface area contributed by atoms with Crippen LogP contribution in [0.2, 0.25) is 0 Å². The number of ether oxygens (including phenoxy) is 1. The SMILES string of the molecule is CCc1cc2c(C(=O)NC)c(-c3ccc(F)cc3)oc2nc1CN(CCCC(=O)OC)S(=O)O. The van der Waals surface area contributed by atoms with E-state index < -0.39 is 23.1 Å². The predicted molar refractivity (Wildman–Crippen MR) is 125 cm³/mol. The standard InChI is InChI=1S/C23H26FN3O6S/c1-4-14-12-17-20(22(29)25-2)21(15-7-9-16(24)10-8-15)33-23(17)26-18(14)13-27(34(30)31)11-5-6-19(28)32-3/h7-10,12H,4-6,11,13H2,1-3H3,(H,25,29)(H,30,31). The van der Waals surface area contributed by atoms with Crippen LogP contribution in [0.4, 0.5) is 4.39 Å². The van der Waals surface area contributed by atoms with Crippen molar-refractivity contribution in [1.29, 1.82) is 0 Å². The number of aryl methyl sites for hydroxylation is 1. The summed E-state index contributed by atoms with van der Waals surface area (Å²) in [6, 6.07) is 7.36. The average molecular weight is 492 g/mol. The average Bonchev–Trinajstić information content (AvgIpc) is 3.20. The molecule has 34 heavy (non-hydrogen) atoms. The van der Waals surface area contributed by atoms with Gasteiger partial charge in [-0.15, -0.1) is 0 Å². The van der Waals surface area contributed by atoms with Gasteiger partial charge < -0.3 is 14.5 Å². The number of hydrogen-bond acceptors (Lipinski definition) is 6. The second-order valence-corrected chi connectivity index (χ2v) is 8.44. The van der Waals surface area contributed by atoms with E-state index in [2.05, 4.69) is 15.0 Å². The fourth-order valence-electron chi connectivity index (χ4n) is 3.58. The number of carbonyl (C=O) groups is 2. The molecule has 0 saturated carbocycles. The van der Waals surface area contributed by atoms with Gasteiger partial charge in [-0.1, -0.05) is 6.92 Å². The van der Waals surface area contributed by atoms with Gasteiger partial charge in [0, 0.05) is 25.6 Å². The number of pyridine rings is 1. The van der Waals surface area contributed by atoms with Gasteiger partial charge in [0.25, 0.3) is 5.91 Å². The molecule has 0 radical (unpaired) electrons. The fourth-order valence-corrected chi connectivity index (χ4v) is 4.10. The normalized spacial score (nSPS) is 12.2. The van der Waals surface area contributed by atoms with Crippen LogP contribution in [0, 0.1) is 5.82 Å². The third kappa shape index (κ3) is 5.66. The van der Waals surface area contributed by atoms with Crippen LogP contribution in [-0.2, 0) is 33.8 Å². The Kier molecular flexibility index (Phi) is 8.48. The van der Waals surface area contributed by atoms with Crippen molar-refractivity contribution in [3.63, 3.8) is 0 Å². The number of rotatable bonds is 10. The molecular weight excluding hydrogens is 465 g/mol. The van der Waals surface area contributed by atoms with Crippen LogP contribution in [0.5, 0.6) is 0 Å². The predicted octanol–water partition coefficient (Wildman–Crippen LogP) is 3.45. The van der Waals surface area contributed by atoms with E-state index in [0.29, 0.717) is 29.5 Å². The lowest BCUT2D eigenvalue weighted by Crippen LogP contribution is -2.28. The molecule has 2 N–H and O–H groups in total. The summed E-state index contributed by atoms with van der Waals surface area (Å²) in [7, 11) is 2.79. The highest BCUT2D eigenvalue weighted by Gasteiger charge is 2.25. The van der Waals surface area contributed by atoms with Crippen LogP contribution in [0.15, 0.2) is 34.7 Å². The van der Waals surface area contributed by atoms with E-state index in [1.807, 2.05) is 6.92 Å². The molecule has 182 valence electrons. The monoisotopic (exact) mass is 491 g/mol. The van der Waals surface area contributed by atoms with E-state index in [1.165, 1.54) is 42.7 Å². The number of amides is 1. The maximum Gasteiger partial charge on any atom is 0.305 e. The maximum atomic E-state index is 13.4. The third-order valence-corrected chi connectivity index (χ3v) is 6.11. The van der Waals surface area contributed by atoms with Gasteiger partial charge in [-0.05, 0) is 48.7 Å². The molecule has 1 aromatic carbocycles. The van der Waals surface area contributed by atoms with Crippen molar-refractivity contribution < 1.29 is 31.9 Å². The van der Waals surface area contributed by atoms with Crippen molar-refractivity contribution >= 4 is 34.2 Å². The van der Waals surface area contributed by atoms with Crippen molar-refractivity contribution in [2.45, 2.75) is 32.7 Å². The molecule has 0 aliphatic carbocycles. The van der Waals surface area contributed by atoms with Crippen LogP contribution in [-0.4, -0.2) is 50.6 Å².